The molecule has 0 spiro atoms. The Morgan fingerprint density at radius 2 is 1.09 bits per heavy atom. The molecular formula is C25H18Cl4N2O2. The molecule has 8 heteroatoms. The zero-order chi connectivity index (χ0) is 24.0. The molecule has 2 amide bonds. The van der Waals surface area contributed by atoms with Gasteiger partial charge >= 0.3 is 0 Å². The van der Waals surface area contributed by atoms with Crippen LogP contribution < -0.4 is 10.6 Å². The van der Waals surface area contributed by atoms with E-state index in [2.05, 4.69) is 10.6 Å². The Hall–Kier alpha value is -2.76. The molecule has 3 aromatic rings. The summed E-state index contributed by atoms with van der Waals surface area (Å²) in [6.07, 6.45) is 5.70. The van der Waals surface area contributed by atoms with E-state index >= 15 is 0 Å². The van der Waals surface area contributed by atoms with Crippen LogP contribution in [0.4, 0.5) is 11.4 Å². The van der Waals surface area contributed by atoms with Crippen molar-refractivity contribution in [1.29, 1.82) is 0 Å². The summed E-state index contributed by atoms with van der Waals surface area (Å²) in [6.45, 7) is 1.87. The lowest BCUT2D eigenvalue weighted by Crippen LogP contribution is -2.14. The van der Waals surface area contributed by atoms with Crippen LogP contribution in [-0.2, 0) is 9.59 Å². The number of nitrogens with one attached hydrogen (secondary N) is 2. The van der Waals surface area contributed by atoms with Crippen molar-refractivity contribution in [2.24, 2.45) is 0 Å². The van der Waals surface area contributed by atoms with Gasteiger partial charge in [0.25, 0.3) is 0 Å². The Morgan fingerprint density at radius 3 is 1.55 bits per heavy atom. The third kappa shape index (κ3) is 6.86. The molecule has 3 aromatic carbocycles. The minimum absolute atomic E-state index is 0.412. The Kier molecular flexibility index (Phi) is 8.59. The largest absolute Gasteiger partial charge is 0.321 e. The average molecular weight is 520 g/mol. The molecule has 0 aromatic heterocycles. The number of halogens is 4. The summed E-state index contributed by atoms with van der Waals surface area (Å²) in [6, 6.07) is 15.4. The second-order valence-corrected chi connectivity index (χ2v) is 8.59. The molecule has 0 fully saturated rings. The standard InChI is InChI=1S/C25H18Cl4N2O2/c1-15-8-11-22(30-24(32)12-9-16-18(26)4-2-5-19(16)27)23(14-15)31-25(33)13-10-17-20(28)6-3-7-21(17)29/h2-14H,1H3,(H,30,32)(H,31,33). The number of carbonyl (C=O) groups excluding carboxylic acids is 2. The van der Waals surface area contributed by atoms with Crippen molar-refractivity contribution in [1.82, 2.24) is 0 Å². The van der Waals surface area contributed by atoms with Crippen molar-refractivity contribution in [3.8, 4) is 0 Å². The predicted octanol–water partition coefficient (Wildman–Crippen LogP) is 7.91. The number of rotatable bonds is 6. The molecule has 0 aliphatic carbocycles. The molecule has 0 atom stereocenters. The maximum Gasteiger partial charge on any atom is 0.248 e. The van der Waals surface area contributed by atoms with E-state index in [1.807, 2.05) is 13.0 Å². The lowest BCUT2D eigenvalue weighted by molar-refractivity contribution is -0.112. The van der Waals surface area contributed by atoms with E-state index < -0.39 is 11.8 Å². The minimum Gasteiger partial charge on any atom is -0.321 e. The molecule has 2 N–H and O–H groups in total. The highest BCUT2D eigenvalue weighted by molar-refractivity contribution is 6.38. The monoisotopic (exact) mass is 518 g/mol. The summed E-state index contributed by atoms with van der Waals surface area (Å²) in [5, 5.41) is 7.24. The maximum absolute atomic E-state index is 12.5. The molecule has 0 unspecified atom stereocenters. The van der Waals surface area contributed by atoms with E-state index in [4.69, 9.17) is 46.4 Å². The molecule has 0 aliphatic heterocycles. The highest BCUT2D eigenvalue weighted by Crippen LogP contribution is 2.27. The number of hydrogen-bond acceptors (Lipinski definition) is 2. The SMILES string of the molecule is Cc1ccc(NC(=O)C=Cc2c(Cl)cccc2Cl)c(NC(=O)C=Cc2c(Cl)cccc2Cl)c1. The second kappa shape index (κ2) is 11.4. The average Bonchev–Trinajstić information content (AvgIpc) is 2.75. The molecule has 168 valence electrons. The number of anilines is 2. The highest BCUT2D eigenvalue weighted by Gasteiger charge is 2.09. The number of aryl methyl sites for hydroxylation is 1. The number of hydrogen-bond donors (Lipinski definition) is 2. The van der Waals surface area contributed by atoms with E-state index in [9.17, 15) is 9.59 Å². The van der Waals surface area contributed by atoms with Gasteiger partial charge in [-0.2, -0.15) is 0 Å². The van der Waals surface area contributed by atoms with Gasteiger partial charge in [-0.1, -0.05) is 64.6 Å². The van der Waals surface area contributed by atoms with Crippen molar-refractivity contribution in [2.75, 3.05) is 10.6 Å². The van der Waals surface area contributed by atoms with E-state index in [0.717, 1.165) is 5.56 Å². The molecule has 0 bridgehead atoms. The fourth-order valence-corrected chi connectivity index (χ4v) is 3.92. The molecule has 4 nitrogen and oxygen atoms in total. The number of benzene rings is 3. The summed E-state index contributed by atoms with van der Waals surface area (Å²) in [7, 11) is 0. The van der Waals surface area contributed by atoms with Crippen LogP contribution in [0.2, 0.25) is 20.1 Å². The van der Waals surface area contributed by atoms with E-state index in [0.29, 0.717) is 42.6 Å². The summed E-state index contributed by atoms with van der Waals surface area (Å²) in [5.74, 6) is -0.825. The first-order valence-electron chi connectivity index (χ1n) is 9.71. The Labute approximate surface area is 211 Å². The third-order valence-corrected chi connectivity index (χ3v) is 5.81. The minimum atomic E-state index is -0.413. The molecule has 3 rings (SSSR count). The van der Waals surface area contributed by atoms with Gasteiger partial charge in [0.2, 0.25) is 11.8 Å². The first kappa shape index (κ1) is 24.9. The van der Waals surface area contributed by atoms with E-state index in [1.54, 1.807) is 48.5 Å². The molecule has 0 heterocycles. The Bertz CT molecular complexity index is 1230. The molecule has 0 radical (unpaired) electrons. The highest BCUT2D eigenvalue weighted by atomic mass is 35.5. The van der Waals surface area contributed by atoms with Crippen molar-refractivity contribution in [2.45, 2.75) is 6.92 Å². The van der Waals surface area contributed by atoms with Gasteiger partial charge in [0.15, 0.2) is 0 Å². The van der Waals surface area contributed by atoms with Crippen LogP contribution >= 0.6 is 46.4 Å². The van der Waals surface area contributed by atoms with Crippen LogP contribution in [0.5, 0.6) is 0 Å². The zero-order valence-corrected chi connectivity index (χ0v) is 20.4. The van der Waals surface area contributed by atoms with Gasteiger partial charge in [0.1, 0.15) is 0 Å². The van der Waals surface area contributed by atoms with Crippen molar-refractivity contribution < 1.29 is 9.59 Å². The molecule has 0 saturated heterocycles. The predicted molar refractivity (Wildman–Crippen MR) is 139 cm³/mol. The molecule has 0 aliphatic rings. The zero-order valence-electron chi connectivity index (χ0n) is 17.3. The van der Waals surface area contributed by atoms with Crippen LogP contribution in [0.1, 0.15) is 16.7 Å². The van der Waals surface area contributed by atoms with Gasteiger partial charge in [-0.05, 0) is 61.0 Å². The van der Waals surface area contributed by atoms with Crippen molar-refractivity contribution in [3.05, 3.63) is 104 Å². The van der Waals surface area contributed by atoms with Crippen LogP contribution in [0, 0.1) is 6.92 Å². The smallest absolute Gasteiger partial charge is 0.248 e. The van der Waals surface area contributed by atoms with Crippen LogP contribution in [-0.4, -0.2) is 11.8 Å². The number of amides is 2. The molecular weight excluding hydrogens is 502 g/mol. The Morgan fingerprint density at radius 1 is 0.667 bits per heavy atom. The van der Waals surface area contributed by atoms with Crippen molar-refractivity contribution in [3.63, 3.8) is 0 Å². The topological polar surface area (TPSA) is 58.2 Å². The normalized spacial score (nSPS) is 11.2. The lowest BCUT2D eigenvalue weighted by atomic mass is 10.1. The van der Waals surface area contributed by atoms with Crippen LogP contribution in [0.15, 0.2) is 66.7 Å². The van der Waals surface area contributed by atoms with E-state index in [-0.39, 0.29) is 0 Å². The van der Waals surface area contributed by atoms with Gasteiger partial charge in [0.05, 0.1) is 11.4 Å². The van der Waals surface area contributed by atoms with Crippen molar-refractivity contribution >= 4 is 81.7 Å². The summed E-state index contributed by atoms with van der Waals surface area (Å²) in [5.41, 5.74) is 2.85. The second-order valence-electron chi connectivity index (χ2n) is 6.96. The van der Waals surface area contributed by atoms with Gasteiger partial charge in [0, 0.05) is 43.4 Å². The first-order valence-corrected chi connectivity index (χ1v) is 11.2. The lowest BCUT2D eigenvalue weighted by Gasteiger charge is -2.11. The maximum atomic E-state index is 12.5. The number of carbonyl (C=O) groups is 2. The quantitative estimate of drug-likeness (QED) is 0.325. The fraction of sp³-hybridized carbons (Fsp3) is 0.0400. The van der Waals surface area contributed by atoms with Gasteiger partial charge in [-0.3, -0.25) is 9.59 Å². The summed E-state index contributed by atoms with van der Waals surface area (Å²) < 4.78 is 0. The van der Waals surface area contributed by atoms with E-state index in [1.165, 1.54) is 24.3 Å². The summed E-state index contributed by atoms with van der Waals surface area (Å²) >= 11 is 24.5. The summed E-state index contributed by atoms with van der Waals surface area (Å²) in [4.78, 5) is 25.0. The first-order chi connectivity index (χ1) is 15.7. The molecule has 0 saturated carbocycles. The van der Waals surface area contributed by atoms with Gasteiger partial charge in [-0.15, -0.1) is 0 Å². The van der Waals surface area contributed by atoms with Gasteiger partial charge in [-0.25, -0.2) is 0 Å². The Balaban J connectivity index is 1.75. The fourth-order valence-electron chi connectivity index (χ4n) is 2.88. The third-order valence-electron chi connectivity index (χ3n) is 4.49. The van der Waals surface area contributed by atoms with Crippen LogP contribution in [0.25, 0.3) is 12.2 Å². The van der Waals surface area contributed by atoms with Gasteiger partial charge < -0.3 is 10.6 Å². The van der Waals surface area contributed by atoms with Crippen LogP contribution in [0.3, 0.4) is 0 Å². The molecule has 33 heavy (non-hydrogen) atoms.